The van der Waals surface area contributed by atoms with Crippen molar-refractivity contribution >= 4 is 41.3 Å². The van der Waals surface area contributed by atoms with Gasteiger partial charge in [-0.1, -0.05) is 55.8 Å². The molecule has 5 amide bonds. The fraction of sp³-hybridized carbons (Fsp3) is 0.424. The van der Waals surface area contributed by atoms with E-state index in [1.54, 1.807) is 50.2 Å². The van der Waals surface area contributed by atoms with Gasteiger partial charge in [0.1, 0.15) is 23.9 Å². The van der Waals surface area contributed by atoms with Crippen LogP contribution in [0.4, 0.5) is 9.18 Å². The zero-order chi connectivity index (χ0) is 33.6. The maximum absolute atomic E-state index is 13.9. The van der Waals surface area contributed by atoms with Crippen LogP contribution in [0.1, 0.15) is 44.2 Å². The minimum atomic E-state index is -1.14. The summed E-state index contributed by atoms with van der Waals surface area (Å²) in [6.45, 7) is 3.85. The molecular formula is C33H41ClFN5O6. The van der Waals surface area contributed by atoms with Crippen molar-refractivity contribution in [3.63, 3.8) is 0 Å². The molecule has 0 radical (unpaired) electrons. The number of carbonyl (C=O) groups excluding carboxylic acids is 5. The SMILES string of the molecule is COC(=O)C(NC(=O)N[C@@H](Cc1ccc(Cl)cc1)C(=O)N[C@H]1CCCCNC(=O)/C=C/[C@H](Cc2cccc(F)c2)NC1=O)C(C)C. The van der Waals surface area contributed by atoms with Crippen molar-refractivity contribution in [2.75, 3.05) is 13.7 Å². The van der Waals surface area contributed by atoms with E-state index in [4.69, 9.17) is 16.3 Å². The van der Waals surface area contributed by atoms with Crippen LogP contribution in [0.5, 0.6) is 0 Å². The van der Waals surface area contributed by atoms with Gasteiger partial charge in [0, 0.05) is 24.1 Å². The van der Waals surface area contributed by atoms with Crippen LogP contribution in [0, 0.1) is 11.7 Å². The number of nitrogens with one attached hydrogen (secondary N) is 5. The molecule has 1 aliphatic heterocycles. The van der Waals surface area contributed by atoms with Gasteiger partial charge in [-0.05, 0) is 67.0 Å². The molecule has 0 aliphatic carbocycles. The Hall–Kier alpha value is -4.45. The van der Waals surface area contributed by atoms with E-state index in [1.807, 2.05) is 0 Å². The van der Waals surface area contributed by atoms with Crippen LogP contribution in [0.2, 0.25) is 5.02 Å². The number of rotatable bonds is 10. The third kappa shape index (κ3) is 11.8. The number of hydrogen-bond donors (Lipinski definition) is 5. The molecule has 2 aromatic rings. The van der Waals surface area contributed by atoms with Crippen LogP contribution in [0.3, 0.4) is 0 Å². The molecule has 13 heteroatoms. The van der Waals surface area contributed by atoms with E-state index in [-0.39, 0.29) is 31.1 Å². The number of amides is 5. The molecule has 3 rings (SSSR count). The zero-order valence-electron chi connectivity index (χ0n) is 26.1. The Kier molecular flexibility index (Phi) is 14.0. The van der Waals surface area contributed by atoms with Crippen LogP contribution in [0.25, 0.3) is 0 Å². The van der Waals surface area contributed by atoms with Gasteiger partial charge in [0.05, 0.1) is 13.2 Å². The molecule has 4 atom stereocenters. The van der Waals surface area contributed by atoms with E-state index < -0.39 is 53.8 Å². The predicted molar refractivity (Wildman–Crippen MR) is 171 cm³/mol. The van der Waals surface area contributed by atoms with Crippen LogP contribution < -0.4 is 26.6 Å². The topological polar surface area (TPSA) is 155 Å². The van der Waals surface area contributed by atoms with Gasteiger partial charge in [-0.15, -0.1) is 0 Å². The first-order chi connectivity index (χ1) is 21.9. The lowest BCUT2D eigenvalue weighted by molar-refractivity contribution is -0.144. The first kappa shape index (κ1) is 36.0. The van der Waals surface area contributed by atoms with Gasteiger partial charge >= 0.3 is 12.0 Å². The van der Waals surface area contributed by atoms with Gasteiger partial charge in [-0.3, -0.25) is 14.4 Å². The summed E-state index contributed by atoms with van der Waals surface area (Å²) < 4.78 is 18.7. The van der Waals surface area contributed by atoms with E-state index >= 15 is 0 Å². The molecule has 1 heterocycles. The minimum absolute atomic E-state index is 0.0618. The van der Waals surface area contributed by atoms with E-state index in [2.05, 4.69) is 26.6 Å². The summed E-state index contributed by atoms with van der Waals surface area (Å²) in [5.41, 5.74) is 1.30. The molecule has 0 fully saturated rings. The quantitative estimate of drug-likeness (QED) is 0.248. The van der Waals surface area contributed by atoms with Crippen LogP contribution in [-0.4, -0.2) is 67.5 Å². The lowest BCUT2D eigenvalue weighted by Crippen LogP contribution is -2.58. The first-order valence-corrected chi connectivity index (χ1v) is 15.5. The Bertz CT molecular complexity index is 1400. The fourth-order valence-electron chi connectivity index (χ4n) is 4.89. The van der Waals surface area contributed by atoms with Gasteiger partial charge in [-0.2, -0.15) is 0 Å². The number of esters is 1. The third-order valence-electron chi connectivity index (χ3n) is 7.39. The Labute approximate surface area is 273 Å². The number of benzene rings is 2. The number of carbonyl (C=O) groups is 5. The minimum Gasteiger partial charge on any atom is -0.467 e. The zero-order valence-corrected chi connectivity index (χ0v) is 26.9. The van der Waals surface area contributed by atoms with Crippen molar-refractivity contribution in [1.82, 2.24) is 26.6 Å². The molecule has 11 nitrogen and oxygen atoms in total. The molecule has 2 aromatic carbocycles. The Morgan fingerprint density at radius 3 is 2.46 bits per heavy atom. The van der Waals surface area contributed by atoms with E-state index in [0.717, 1.165) is 0 Å². The van der Waals surface area contributed by atoms with Crippen molar-refractivity contribution in [2.24, 2.45) is 5.92 Å². The van der Waals surface area contributed by atoms with Crippen molar-refractivity contribution in [2.45, 2.75) is 70.1 Å². The summed E-state index contributed by atoms with van der Waals surface area (Å²) in [7, 11) is 1.22. The van der Waals surface area contributed by atoms with Gasteiger partial charge in [0.2, 0.25) is 17.7 Å². The molecule has 0 aromatic heterocycles. The summed E-state index contributed by atoms with van der Waals surface area (Å²) in [5, 5.41) is 14.1. The molecule has 46 heavy (non-hydrogen) atoms. The lowest BCUT2D eigenvalue weighted by atomic mass is 10.0. The molecule has 248 valence electrons. The molecule has 0 spiro atoms. The smallest absolute Gasteiger partial charge is 0.328 e. The number of methoxy groups -OCH3 is 1. The van der Waals surface area contributed by atoms with E-state index in [9.17, 15) is 28.4 Å². The van der Waals surface area contributed by atoms with Crippen molar-refractivity contribution in [3.05, 3.63) is 82.6 Å². The molecule has 1 unspecified atom stereocenters. The number of hydrogen-bond acceptors (Lipinski definition) is 6. The van der Waals surface area contributed by atoms with Gasteiger partial charge < -0.3 is 31.3 Å². The maximum Gasteiger partial charge on any atom is 0.328 e. The highest BCUT2D eigenvalue weighted by Gasteiger charge is 2.30. The van der Waals surface area contributed by atoms with E-state index in [1.165, 1.54) is 31.4 Å². The highest BCUT2D eigenvalue weighted by atomic mass is 35.5. The summed E-state index contributed by atoms with van der Waals surface area (Å²) in [4.78, 5) is 64.8. The Balaban J connectivity index is 1.82. The molecule has 5 N–H and O–H groups in total. The normalized spacial score (nSPS) is 19.3. The van der Waals surface area contributed by atoms with Gasteiger partial charge in [0.25, 0.3) is 0 Å². The summed E-state index contributed by atoms with van der Waals surface area (Å²) >= 11 is 6.03. The van der Waals surface area contributed by atoms with Gasteiger partial charge in [-0.25, -0.2) is 14.0 Å². The summed E-state index contributed by atoms with van der Waals surface area (Å²) in [6, 6.07) is 8.14. The fourth-order valence-corrected chi connectivity index (χ4v) is 5.01. The Morgan fingerprint density at radius 1 is 1.04 bits per heavy atom. The molecule has 0 saturated carbocycles. The highest BCUT2D eigenvalue weighted by Crippen LogP contribution is 2.13. The Morgan fingerprint density at radius 2 is 1.78 bits per heavy atom. The van der Waals surface area contributed by atoms with Crippen molar-refractivity contribution in [3.8, 4) is 0 Å². The van der Waals surface area contributed by atoms with Gasteiger partial charge in [0.15, 0.2) is 0 Å². The van der Waals surface area contributed by atoms with Crippen molar-refractivity contribution in [1.29, 1.82) is 0 Å². The average Bonchev–Trinajstić information content (AvgIpc) is 3.01. The van der Waals surface area contributed by atoms with Crippen LogP contribution >= 0.6 is 11.6 Å². The second kappa shape index (κ2) is 17.9. The molecular weight excluding hydrogens is 617 g/mol. The predicted octanol–water partition coefficient (Wildman–Crippen LogP) is 2.96. The second-order valence-corrected chi connectivity index (χ2v) is 11.8. The van der Waals surface area contributed by atoms with Crippen LogP contribution in [0.15, 0.2) is 60.7 Å². The third-order valence-corrected chi connectivity index (χ3v) is 7.64. The molecule has 1 aliphatic rings. The standard InChI is InChI=1S/C33H41ClFN5O6/c1-20(2)29(32(44)46-3)40-33(45)39-27(19-21-10-12-23(34)13-11-21)31(43)38-26-9-4-5-16-36-28(41)15-14-25(37-30(26)42)18-22-7-6-8-24(35)17-22/h6-8,10-15,17,20,25-27,29H,4-5,9,16,18-19H2,1-3H3,(H,36,41)(H,37,42)(H,38,43)(H2,39,40,45)/b15-14+/t25-,26+,27+,29?/m1/s1. The molecule has 0 saturated heterocycles. The summed E-state index contributed by atoms with van der Waals surface area (Å²) in [5.74, 6) is -2.79. The molecule has 0 bridgehead atoms. The summed E-state index contributed by atoms with van der Waals surface area (Å²) in [6.07, 6.45) is 4.43. The average molecular weight is 658 g/mol. The van der Waals surface area contributed by atoms with Crippen molar-refractivity contribution < 1.29 is 33.1 Å². The lowest BCUT2D eigenvalue weighted by Gasteiger charge is -2.26. The van der Waals surface area contributed by atoms with Crippen LogP contribution in [-0.2, 0) is 36.8 Å². The monoisotopic (exact) mass is 657 g/mol. The number of urea groups is 1. The highest BCUT2D eigenvalue weighted by molar-refractivity contribution is 6.30. The second-order valence-electron chi connectivity index (χ2n) is 11.4. The largest absolute Gasteiger partial charge is 0.467 e. The van der Waals surface area contributed by atoms with E-state index in [0.29, 0.717) is 35.5 Å². The first-order valence-electron chi connectivity index (χ1n) is 15.2. The maximum atomic E-state index is 13.9. The number of ether oxygens (including phenoxy) is 1. The number of halogens is 2.